The summed E-state index contributed by atoms with van der Waals surface area (Å²) >= 11 is 0. The van der Waals surface area contributed by atoms with Gasteiger partial charge in [0.1, 0.15) is 13.3 Å². The second-order valence-electron chi connectivity index (χ2n) is 3.26. The largest absolute Gasteiger partial charge is 0.463 e. The van der Waals surface area contributed by atoms with Crippen LogP contribution in [0.4, 0.5) is 4.39 Å². The van der Waals surface area contributed by atoms with Gasteiger partial charge in [-0.2, -0.15) is 0 Å². The zero-order valence-corrected chi connectivity index (χ0v) is 8.83. The first-order chi connectivity index (χ1) is 7.26. The van der Waals surface area contributed by atoms with Crippen molar-refractivity contribution in [1.82, 2.24) is 0 Å². The van der Waals surface area contributed by atoms with E-state index in [0.29, 0.717) is 0 Å². The molecule has 0 heterocycles. The molecule has 3 heteroatoms. The summed E-state index contributed by atoms with van der Waals surface area (Å²) in [5.41, 5.74) is 2.10. The summed E-state index contributed by atoms with van der Waals surface area (Å²) in [5.74, 6) is -0.374. The van der Waals surface area contributed by atoms with Crippen LogP contribution in [0.1, 0.15) is 18.1 Å². The first kappa shape index (κ1) is 11.7. The van der Waals surface area contributed by atoms with Gasteiger partial charge in [0, 0.05) is 0 Å². The summed E-state index contributed by atoms with van der Waals surface area (Å²) < 4.78 is 16.4. The summed E-state index contributed by atoms with van der Waals surface area (Å²) in [5, 5.41) is 0. The summed E-state index contributed by atoms with van der Waals surface area (Å²) in [7, 11) is 0. The number of hydrogen-bond donors (Lipinski definition) is 0. The molecule has 0 bridgehead atoms. The fourth-order valence-electron chi connectivity index (χ4n) is 1.33. The minimum atomic E-state index is -0.624. The molecular weight excluding hydrogens is 195 g/mol. The van der Waals surface area contributed by atoms with Crippen LogP contribution in [0.15, 0.2) is 24.3 Å². The average molecular weight is 210 g/mol. The molecule has 1 aromatic rings. The third-order valence-corrected chi connectivity index (χ3v) is 2.09. The molecule has 0 saturated carbocycles. The number of halogens is 1. The van der Waals surface area contributed by atoms with E-state index in [1.165, 1.54) is 5.56 Å². The Kier molecular flexibility index (Phi) is 4.81. The molecule has 2 nitrogen and oxygen atoms in total. The van der Waals surface area contributed by atoms with Crippen molar-refractivity contribution in [2.75, 3.05) is 13.3 Å². The van der Waals surface area contributed by atoms with Crippen LogP contribution in [-0.4, -0.2) is 19.3 Å². The molecule has 15 heavy (non-hydrogen) atoms. The van der Waals surface area contributed by atoms with E-state index in [9.17, 15) is 9.18 Å². The number of ether oxygens (including phenoxy) is 1. The Morgan fingerprint density at radius 3 is 2.80 bits per heavy atom. The van der Waals surface area contributed by atoms with Gasteiger partial charge in [0.25, 0.3) is 0 Å². The zero-order valence-electron chi connectivity index (χ0n) is 8.83. The molecule has 0 saturated heterocycles. The second-order valence-corrected chi connectivity index (χ2v) is 3.26. The van der Waals surface area contributed by atoms with E-state index in [0.717, 1.165) is 12.0 Å². The number of aryl methyl sites for hydroxylation is 1. The van der Waals surface area contributed by atoms with Crippen molar-refractivity contribution < 1.29 is 13.9 Å². The van der Waals surface area contributed by atoms with Crippen LogP contribution >= 0.6 is 0 Å². The minimum Gasteiger partial charge on any atom is -0.463 e. The van der Waals surface area contributed by atoms with E-state index in [1.807, 2.05) is 24.3 Å². The molecule has 0 fully saturated rings. The van der Waals surface area contributed by atoms with Crippen LogP contribution in [0.25, 0.3) is 0 Å². The molecule has 0 spiro atoms. The highest BCUT2D eigenvalue weighted by Gasteiger charge is 2.04. The molecule has 0 atom stereocenters. The normalized spacial score (nSPS) is 10.0. The Balaban J connectivity index is 2.52. The predicted octanol–water partition coefficient (Wildman–Crippen LogP) is 2.30. The molecule has 0 aliphatic rings. The fraction of sp³-hybridized carbons (Fsp3) is 0.417. The topological polar surface area (TPSA) is 26.3 Å². The van der Waals surface area contributed by atoms with E-state index in [2.05, 4.69) is 11.7 Å². The van der Waals surface area contributed by atoms with Gasteiger partial charge in [-0.3, -0.25) is 4.79 Å². The van der Waals surface area contributed by atoms with Crippen molar-refractivity contribution in [3.8, 4) is 0 Å². The van der Waals surface area contributed by atoms with Gasteiger partial charge in [0.2, 0.25) is 0 Å². The highest BCUT2D eigenvalue weighted by Crippen LogP contribution is 2.07. The Morgan fingerprint density at radius 2 is 2.13 bits per heavy atom. The monoisotopic (exact) mass is 210 g/mol. The van der Waals surface area contributed by atoms with Crippen LogP contribution in [0.5, 0.6) is 0 Å². The zero-order chi connectivity index (χ0) is 11.1. The number of carbonyl (C=O) groups is 1. The standard InChI is InChI=1S/C12H15FO2/c1-2-10-4-3-5-11(8-10)9-12(14)15-7-6-13/h3-5,8H,2,6-7,9H2,1H3. The van der Waals surface area contributed by atoms with E-state index >= 15 is 0 Å². The van der Waals surface area contributed by atoms with Crippen LogP contribution in [0.2, 0.25) is 0 Å². The van der Waals surface area contributed by atoms with Gasteiger partial charge in [0.15, 0.2) is 0 Å². The van der Waals surface area contributed by atoms with Crippen LogP contribution in [-0.2, 0) is 22.4 Å². The number of hydrogen-bond acceptors (Lipinski definition) is 2. The number of esters is 1. The van der Waals surface area contributed by atoms with Gasteiger partial charge in [-0.1, -0.05) is 31.2 Å². The van der Waals surface area contributed by atoms with Gasteiger partial charge < -0.3 is 4.74 Å². The third-order valence-electron chi connectivity index (χ3n) is 2.09. The quantitative estimate of drug-likeness (QED) is 0.697. The smallest absolute Gasteiger partial charge is 0.310 e. The molecule has 0 aliphatic heterocycles. The Labute approximate surface area is 89.1 Å². The lowest BCUT2D eigenvalue weighted by Gasteiger charge is -2.04. The summed E-state index contributed by atoms with van der Waals surface area (Å²) in [6, 6.07) is 7.76. The van der Waals surface area contributed by atoms with Gasteiger partial charge in [-0.05, 0) is 17.5 Å². The van der Waals surface area contributed by atoms with Gasteiger partial charge in [-0.15, -0.1) is 0 Å². The molecule has 0 aliphatic carbocycles. The highest BCUT2D eigenvalue weighted by atomic mass is 19.1. The Hall–Kier alpha value is -1.38. The molecule has 0 amide bonds. The lowest BCUT2D eigenvalue weighted by Crippen LogP contribution is -2.10. The van der Waals surface area contributed by atoms with E-state index in [-0.39, 0.29) is 19.0 Å². The molecule has 1 rings (SSSR count). The average Bonchev–Trinajstić information content (AvgIpc) is 2.26. The Morgan fingerprint density at radius 1 is 1.40 bits per heavy atom. The molecule has 0 unspecified atom stereocenters. The highest BCUT2D eigenvalue weighted by molar-refractivity contribution is 5.72. The lowest BCUT2D eigenvalue weighted by molar-refractivity contribution is -0.143. The number of alkyl halides is 1. The van der Waals surface area contributed by atoms with Crippen LogP contribution < -0.4 is 0 Å². The number of carbonyl (C=O) groups excluding carboxylic acids is 1. The van der Waals surface area contributed by atoms with Gasteiger partial charge >= 0.3 is 5.97 Å². The van der Waals surface area contributed by atoms with Crippen molar-refractivity contribution in [2.24, 2.45) is 0 Å². The Bertz CT molecular complexity index is 323. The summed E-state index contributed by atoms with van der Waals surface area (Å²) in [4.78, 5) is 11.2. The molecule has 1 aromatic carbocycles. The van der Waals surface area contributed by atoms with E-state index in [1.54, 1.807) is 0 Å². The lowest BCUT2D eigenvalue weighted by atomic mass is 10.1. The van der Waals surface area contributed by atoms with Crippen molar-refractivity contribution in [1.29, 1.82) is 0 Å². The molecule has 82 valence electrons. The second kappa shape index (κ2) is 6.17. The molecule has 0 N–H and O–H groups in total. The third kappa shape index (κ3) is 4.11. The summed E-state index contributed by atoms with van der Waals surface area (Å²) in [6.07, 6.45) is 1.15. The van der Waals surface area contributed by atoms with Crippen molar-refractivity contribution in [3.63, 3.8) is 0 Å². The van der Waals surface area contributed by atoms with E-state index < -0.39 is 6.67 Å². The molecular formula is C12H15FO2. The van der Waals surface area contributed by atoms with Gasteiger partial charge in [0.05, 0.1) is 6.42 Å². The maximum atomic E-state index is 11.7. The van der Waals surface area contributed by atoms with Crippen molar-refractivity contribution in [2.45, 2.75) is 19.8 Å². The number of benzene rings is 1. The van der Waals surface area contributed by atoms with E-state index in [4.69, 9.17) is 0 Å². The van der Waals surface area contributed by atoms with Crippen molar-refractivity contribution >= 4 is 5.97 Å². The molecule has 0 radical (unpaired) electrons. The minimum absolute atomic E-state index is 0.147. The first-order valence-electron chi connectivity index (χ1n) is 5.05. The maximum absolute atomic E-state index is 11.7. The molecule has 0 aromatic heterocycles. The van der Waals surface area contributed by atoms with Crippen LogP contribution in [0.3, 0.4) is 0 Å². The fourth-order valence-corrected chi connectivity index (χ4v) is 1.33. The predicted molar refractivity (Wildman–Crippen MR) is 56.5 cm³/mol. The SMILES string of the molecule is CCc1cccc(CC(=O)OCCF)c1. The first-order valence-corrected chi connectivity index (χ1v) is 5.05. The maximum Gasteiger partial charge on any atom is 0.310 e. The number of rotatable bonds is 5. The van der Waals surface area contributed by atoms with Crippen molar-refractivity contribution in [3.05, 3.63) is 35.4 Å². The van der Waals surface area contributed by atoms with Crippen LogP contribution in [0, 0.1) is 0 Å². The summed E-state index contributed by atoms with van der Waals surface area (Å²) in [6.45, 7) is 1.29. The van der Waals surface area contributed by atoms with Gasteiger partial charge in [-0.25, -0.2) is 4.39 Å².